The minimum Gasteiger partial charge on any atom is -0.339 e. The molecule has 6 nitrogen and oxygen atoms in total. The quantitative estimate of drug-likeness (QED) is 0.787. The molecule has 0 aliphatic carbocycles. The van der Waals surface area contributed by atoms with E-state index in [1.165, 1.54) is 0 Å². The van der Waals surface area contributed by atoms with Gasteiger partial charge in [0.2, 0.25) is 5.91 Å². The van der Waals surface area contributed by atoms with Gasteiger partial charge in [-0.3, -0.25) is 4.79 Å². The molecule has 1 fully saturated rings. The zero-order chi connectivity index (χ0) is 15.9. The second-order valence-electron chi connectivity index (χ2n) is 5.60. The Bertz CT molecular complexity index is 506. The van der Waals surface area contributed by atoms with Crippen molar-refractivity contribution in [2.75, 3.05) is 25.5 Å². The summed E-state index contributed by atoms with van der Waals surface area (Å²) in [4.78, 5) is 26.1. The van der Waals surface area contributed by atoms with Crippen molar-refractivity contribution in [2.45, 2.75) is 31.8 Å². The fourth-order valence-corrected chi connectivity index (χ4v) is 2.63. The Labute approximate surface area is 131 Å². The second kappa shape index (κ2) is 7.79. The molecule has 22 heavy (non-hydrogen) atoms. The van der Waals surface area contributed by atoms with E-state index >= 15 is 0 Å². The van der Waals surface area contributed by atoms with E-state index in [0.29, 0.717) is 18.3 Å². The highest BCUT2D eigenvalue weighted by molar-refractivity contribution is 5.93. The Morgan fingerprint density at radius 2 is 2.00 bits per heavy atom. The number of para-hydroxylation sites is 1. The molecule has 0 saturated carbocycles. The Balaban J connectivity index is 1.84. The fraction of sp³-hybridized carbons (Fsp3) is 0.500. The van der Waals surface area contributed by atoms with Gasteiger partial charge in [-0.05, 0) is 38.9 Å². The minimum atomic E-state index is -0.542. The number of carbonyl (C=O) groups excluding carboxylic acids is 2. The lowest BCUT2D eigenvalue weighted by Gasteiger charge is -2.34. The van der Waals surface area contributed by atoms with E-state index in [0.717, 1.165) is 19.4 Å². The molecular weight excluding hydrogens is 280 g/mol. The number of carbonyl (C=O) groups is 2. The molecule has 1 aliphatic rings. The van der Waals surface area contributed by atoms with E-state index in [-0.39, 0.29) is 11.9 Å². The van der Waals surface area contributed by atoms with Crippen molar-refractivity contribution >= 4 is 17.6 Å². The molecule has 0 bridgehead atoms. The smallest absolute Gasteiger partial charge is 0.319 e. The number of benzene rings is 1. The van der Waals surface area contributed by atoms with Gasteiger partial charge >= 0.3 is 6.03 Å². The summed E-state index contributed by atoms with van der Waals surface area (Å²) in [6.45, 7) is 3.17. The van der Waals surface area contributed by atoms with Gasteiger partial charge in [-0.2, -0.15) is 0 Å². The molecule has 120 valence electrons. The van der Waals surface area contributed by atoms with E-state index in [9.17, 15) is 9.59 Å². The van der Waals surface area contributed by atoms with Crippen LogP contribution in [0.1, 0.15) is 19.8 Å². The van der Waals surface area contributed by atoms with Gasteiger partial charge in [-0.15, -0.1) is 0 Å². The maximum atomic E-state index is 12.4. The average molecular weight is 304 g/mol. The zero-order valence-electron chi connectivity index (χ0n) is 13.1. The van der Waals surface area contributed by atoms with Crippen molar-refractivity contribution in [1.82, 2.24) is 15.5 Å². The monoisotopic (exact) mass is 304 g/mol. The highest BCUT2D eigenvalue weighted by Crippen LogP contribution is 2.11. The highest BCUT2D eigenvalue weighted by Gasteiger charge is 2.26. The van der Waals surface area contributed by atoms with Gasteiger partial charge in [-0.1, -0.05) is 18.2 Å². The predicted octanol–water partition coefficient (Wildman–Crippen LogP) is 1.41. The van der Waals surface area contributed by atoms with Crippen LogP contribution < -0.4 is 16.0 Å². The number of nitrogens with one attached hydrogen (secondary N) is 3. The Hall–Kier alpha value is -2.08. The van der Waals surface area contributed by atoms with Gasteiger partial charge < -0.3 is 20.9 Å². The Kier molecular flexibility index (Phi) is 5.77. The minimum absolute atomic E-state index is 0.0387. The zero-order valence-corrected chi connectivity index (χ0v) is 13.1. The summed E-state index contributed by atoms with van der Waals surface area (Å²) in [6, 6.07) is 8.59. The van der Waals surface area contributed by atoms with E-state index < -0.39 is 6.04 Å². The van der Waals surface area contributed by atoms with Gasteiger partial charge in [0.15, 0.2) is 0 Å². The normalized spacial score (nSPS) is 19.4. The van der Waals surface area contributed by atoms with Crippen LogP contribution >= 0.6 is 0 Å². The van der Waals surface area contributed by atoms with Crippen LogP contribution in [-0.2, 0) is 4.79 Å². The number of hydrogen-bond acceptors (Lipinski definition) is 3. The van der Waals surface area contributed by atoms with E-state index in [1.54, 1.807) is 19.1 Å². The lowest BCUT2D eigenvalue weighted by molar-refractivity contribution is -0.134. The molecule has 6 heteroatoms. The maximum absolute atomic E-state index is 12.4. The summed E-state index contributed by atoms with van der Waals surface area (Å²) in [6.07, 6.45) is 2.07. The number of urea groups is 1. The third kappa shape index (κ3) is 4.46. The van der Waals surface area contributed by atoms with Crippen molar-refractivity contribution in [3.8, 4) is 0 Å². The van der Waals surface area contributed by atoms with Crippen molar-refractivity contribution < 1.29 is 9.59 Å². The summed E-state index contributed by atoms with van der Waals surface area (Å²) in [5.41, 5.74) is 0.702. The molecular formula is C16H24N4O2. The largest absolute Gasteiger partial charge is 0.339 e. The van der Waals surface area contributed by atoms with Gasteiger partial charge in [0.1, 0.15) is 6.04 Å². The Morgan fingerprint density at radius 1 is 1.27 bits per heavy atom. The first kappa shape index (κ1) is 16.3. The second-order valence-corrected chi connectivity index (χ2v) is 5.60. The van der Waals surface area contributed by atoms with Gasteiger partial charge in [0, 0.05) is 24.8 Å². The average Bonchev–Trinajstić information content (AvgIpc) is 2.55. The van der Waals surface area contributed by atoms with Gasteiger partial charge in [0.05, 0.1) is 0 Å². The first-order valence-electron chi connectivity index (χ1n) is 7.68. The molecule has 3 N–H and O–H groups in total. The fourth-order valence-electron chi connectivity index (χ4n) is 2.63. The van der Waals surface area contributed by atoms with Crippen LogP contribution in [0, 0.1) is 0 Å². The molecule has 0 radical (unpaired) electrons. The van der Waals surface area contributed by atoms with Crippen LogP contribution in [0.5, 0.6) is 0 Å². The summed E-state index contributed by atoms with van der Waals surface area (Å²) < 4.78 is 0. The molecule has 1 saturated heterocycles. The van der Waals surface area contributed by atoms with Crippen LogP contribution in [0.4, 0.5) is 10.5 Å². The molecule has 1 aromatic carbocycles. The number of amides is 3. The van der Waals surface area contributed by atoms with E-state index in [2.05, 4.69) is 16.0 Å². The van der Waals surface area contributed by atoms with Crippen molar-refractivity contribution in [3.05, 3.63) is 30.3 Å². The molecule has 2 atom stereocenters. The number of likely N-dealkylation sites (N-methyl/N-ethyl adjacent to an activating group) is 1. The van der Waals surface area contributed by atoms with Crippen molar-refractivity contribution in [1.29, 1.82) is 0 Å². The number of hydrogen-bond donors (Lipinski definition) is 3. The summed E-state index contributed by atoms with van der Waals surface area (Å²) in [7, 11) is 1.91. The molecule has 1 aromatic rings. The molecule has 1 aliphatic heterocycles. The van der Waals surface area contributed by atoms with Crippen molar-refractivity contribution in [2.24, 2.45) is 0 Å². The Morgan fingerprint density at radius 3 is 2.68 bits per heavy atom. The lowest BCUT2D eigenvalue weighted by atomic mass is 10.1. The first-order valence-corrected chi connectivity index (χ1v) is 7.68. The molecule has 3 amide bonds. The number of likely N-dealkylation sites (tertiary alicyclic amines) is 1. The SMILES string of the molecule is CNC1CCCN(C(=O)C(C)NC(=O)Nc2ccccc2)C1. The first-order chi connectivity index (χ1) is 10.6. The summed E-state index contributed by atoms with van der Waals surface area (Å²) in [5.74, 6) is -0.0387. The van der Waals surface area contributed by atoms with E-state index in [1.807, 2.05) is 30.1 Å². The molecule has 0 aromatic heterocycles. The van der Waals surface area contributed by atoms with Crippen LogP contribution in [-0.4, -0.2) is 49.1 Å². The lowest BCUT2D eigenvalue weighted by Crippen LogP contribution is -2.53. The predicted molar refractivity (Wildman–Crippen MR) is 86.7 cm³/mol. The van der Waals surface area contributed by atoms with Crippen LogP contribution in [0.25, 0.3) is 0 Å². The van der Waals surface area contributed by atoms with Crippen LogP contribution in [0.2, 0.25) is 0 Å². The molecule has 0 spiro atoms. The third-order valence-electron chi connectivity index (χ3n) is 3.89. The molecule has 2 rings (SSSR count). The molecule has 1 heterocycles. The number of piperidine rings is 1. The maximum Gasteiger partial charge on any atom is 0.319 e. The van der Waals surface area contributed by atoms with E-state index in [4.69, 9.17) is 0 Å². The van der Waals surface area contributed by atoms with Crippen LogP contribution in [0.3, 0.4) is 0 Å². The van der Waals surface area contributed by atoms with Gasteiger partial charge in [0.25, 0.3) is 0 Å². The highest BCUT2D eigenvalue weighted by atomic mass is 16.2. The summed E-state index contributed by atoms with van der Waals surface area (Å²) in [5, 5.41) is 8.62. The summed E-state index contributed by atoms with van der Waals surface area (Å²) >= 11 is 0. The standard InChI is InChI=1S/C16H24N4O2/c1-12(15(21)20-10-6-9-14(11-20)17-2)18-16(22)19-13-7-4-3-5-8-13/h3-5,7-8,12,14,17H,6,9-11H2,1-2H3,(H2,18,19,22). The topological polar surface area (TPSA) is 73.5 Å². The number of rotatable bonds is 4. The van der Waals surface area contributed by atoms with Crippen molar-refractivity contribution in [3.63, 3.8) is 0 Å². The third-order valence-corrected chi connectivity index (χ3v) is 3.89. The van der Waals surface area contributed by atoms with Crippen LogP contribution in [0.15, 0.2) is 30.3 Å². The van der Waals surface area contributed by atoms with Gasteiger partial charge in [-0.25, -0.2) is 4.79 Å². The number of nitrogens with zero attached hydrogens (tertiary/aromatic N) is 1. The number of anilines is 1. The molecule has 2 unspecified atom stereocenters.